The van der Waals surface area contributed by atoms with Crippen LogP contribution in [0.1, 0.15) is 11.1 Å². The number of pyridine rings is 2. The molecule has 4 aromatic carbocycles. The molecular weight excluding hydrogens is 711 g/mol. The Kier molecular flexibility index (Phi) is 7.68. The minimum atomic E-state index is -0.261. The standard InChI is InChI=1S/C23H13N4O.C13H12N.Ir/c28-22-20-17-10-5-4-7-15(17)12-13-18(20)27-21-19(11-6-14-24-21)26(23(27)25-22)16-8-2-1-3-9-16;1-10-3-6-12(7-4-10)13-8-5-11(2)9-14-13;/h1-12,14H;3-6,8-9H,1-2H3;/q2*-1;. The first-order chi connectivity index (χ1) is 20.6. The zero-order chi connectivity index (χ0) is 28.6. The Balaban J connectivity index is 0.000000186. The summed E-state index contributed by atoms with van der Waals surface area (Å²) in [6, 6.07) is 40.2. The summed E-state index contributed by atoms with van der Waals surface area (Å²) in [6.45, 7) is 4.10. The molecule has 0 spiro atoms. The maximum atomic E-state index is 13.1. The van der Waals surface area contributed by atoms with Gasteiger partial charge in [-0.2, -0.15) is 17.1 Å². The van der Waals surface area contributed by atoms with Crippen molar-refractivity contribution in [3.63, 3.8) is 0 Å². The zero-order valence-electron chi connectivity index (χ0n) is 23.4. The summed E-state index contributed by atoms with van der Waals surface area (Å²) in [4.78, 5) is 26.5. The molecule has 211 valence electrons. The van der Waals surface area contributed by atoms with E-state index in [1.807, 2.05) is 113 Å². The van der Waals surface area contributed by atoms with Gasteiger partial charge in [0.05, 0.1) is 5.52 Å². The van der Waals surface area contributed by atoms with E-state index >= 15 is 0 Å². The van der Waals surface area contributed by atoms with Crippen molar-refractivity contribution in [2.24, 2.45) is 0 Å². The number of hydrogen-bond donors (Lipinski definition) is 0. The van der Waals surface area contributed by atoms with Gasteiger partial charge >= 0.3 is 0 Å². The number of aryl methyl sites for hydroxylation is 2. The summed E-state index contributed by atoms with van der Waals surface area (Å²) >= 11 is 0. The summed E-state index contributed by atoms with van der Waals surface area (Å²) in [5.74, 6) is 0.531. The molecular formula is C36H25IrN5O-2. The van der Waals surface area contributed by atoms with Crippen LogP contribution in [0.5, 0.6) is 0 Å². The number of benzene rings is 4. The molecule has 8 aromatic rings. The van der Waals surface area contributed by atoms with E-state index in [1.165, 1.54) is 11.1 Å². The van der Waals surface area contributed by atoms with Crippen LogP contribution < -0.4 is 5.56 Å². The molecule has 0 fully saturated rings. The number of para-hydroxylation sites is 1. The van der Waals surface area contributed by atoms with Crippen LogP contribution in [-0.4, -0.2) is 23.9 Å². The molecule has 7 heteroatoms. The number of fused-ring (bicyclic) bond motifs is 7. The van der Waals surface area contributed by atoms with E-state index in [1.54, 1.807) is 6.20 Å². The third-order valence-electron chi connectivity index (χ3n) is 7.26. The Hall–Kier alpha value is -4.97. The van der Waals surface area contributed by atoms with Crippen molar-refractivity contribution in [3.8, 4) is 16.9 Å². The van der Waals surface area contributed by atoms with Crippen molar-refractivity contribution < 1.29 is 20.1 Å². The largest absolute Gasteiger partial charge is 0.304 e. The minimum absolute atomic E-state index is 0. The summed E-state index contributed by atoms with van der Waals surface area (Å²) in [5.41, 5.74) is 7.41. The van der Waals surface area contributed by atoms with E-state index in [0.29, 0.717) is 16.7 Å². The van der Waals surface area contributed by atoms with Crippen LogP contribution in [0.15, 0.2) is 120 Å². The van der Waals surface area contributed by atoms with Crippen LogP contribution in [0, 0.1) is 26.0 Å². The van der Waals surface area contributed by atoms with Gasteiger partial charge in [-0.25, -0.2) is 4.98 Å². The molecule has 0 N–H and O–H groups in total. The van der Waals surface area contributed by atoms with Crippen LogP contribution in [0.3, 0.4) is 0 Å². The van der Waals surface area contributed by atoms with Gasteiger partial charge in [-0.1, -0.05) is 55.5 Å². The van der Waals surface area contributed by atoms with E-state index in [2.05, 4.69) is 46.1 Å². The quantitative estimate of drug-likeness (QED) is 0.138. The Morgan fingerprint density at radius 1 is 0.744 bits per heavy atom. The van der Waals surface area contributed by atoms with Crippen LogP contribution in [0.25, 0.3) is 55.6 Å². The Labute approximate surface area is 261 Å². The molecule has 0 saturated carbocycles. The first-order valence-corrected chi connectivity index (χ1v) is 13.7. The fraction of sp³-hybridized carbons (Fsp3) is 0.0556. The molecule has 0 aliphatic rings. The second-order valence-corrected chi connectivity index (χ2v) is 10.2. The molecule has 6 nitrogen and oxygen atoms in total. The monoisotopic (exact) mass is 736 g/mol. The molecule has 0 saturated heterocycles. The Bertz CT molecular complexity index is 2230. The molecule has 43 heavy (non-hydrogen) atoms. The van der Waals surface area contributed by atoms with Crippen LogP contribution in [-0.2, 0) is 20.1 Å². The predicted octanol–water partition coefficient (Wildman–Crippen LogP) is 7.30. The van der Waals surface area contributed by atoms with Gasteiger partial charge in [0.1, 0.15) is 0 Å². The molecule has 0 atom stereocenters. The third-order valence-corrected chi connectivity index (χ3v) is 7.26. The van der Waals surface area contributed by atoms with Crippen LogP contribution in [0.4, 0.5) is 0 Å². The molecule has 0 aliphatic carbocycles. The molecule has 4 heterocycles. The maximum absolute atomic E-state index is 13.1. The molecule has 0 aliphatic heterocycles. The van der Waals surface area contributed by atoms with E-state index in [-0.39, 0.29) is 25.7 Å². The fourth-order valence-corrected chi connectivity index (χ4v) is 5.20. The topological polar surface area (TPSA) is 65.1 Å². The molecule has 1 radical (unpaired) electrons. The first-order valence-electron chi connectivity index (χ1n) is 13.7. The number of rotatable bonds is 2. The van der Waals surface area contributed by atoms with Crippen LogP contribution >= 0.6 is 0 Å². The first kappa shape index (κ1) is 28.2. The van der Waals surface area contributed by atoms with E-state index in [0.717, 1.165) is 38.9 Å². The summed E-state index contributed by atoms with van der Waals surface area (Å²) < 4.78 is 3.89. The number of nitrogens with zero attached hydrogens (tertiary/aromatic N) is 5. The molecule has 0 amide bonds. The van der Waals surface area contributed by atoms with Crippen molar-refractivity contribution in [2.45, 2.75) is 13.8 Å². The van der Waals surface area contributed by atoms with Gasteiger partial charge in [-0.05, 0) is 53.3 Å². The van der Waals surface area contributed by atoms with Crippen molar-refractivity contribution in [2.75, 3.05) is 0 Å². The molecule has 0 bridgehead atoms. The SMILES string of the molecule is Cc1c[c-]c(-c2ccc(C)cn2)cc1.O=c1nc2n(-c3ccccc3)c3cccnc3n2c2[c-]cc3ccccc3c12.[Ir]. The van der Waals surface area contributed by atoms with Crippen molar-refractivity contribution >= 4 is 38.6 Å². The van der Waals surface area contributed by atoms with Gasteiger partial charge in [0.25, 0.3) is 0 Å². The second kappa shape index (κ2) is 11.7. The Morgan fingerprint density at radius 2 is 1.53 bits per heavy atom. The van der Waals surface area contributed by atoms with Crippen molar-refractivity contribution in [3.05, 3.63) is 149 Å². The summed E-state index contributed by atoms with van der Waals surface area (Å²) in [5, 5.41) is 2.40. The molecule has 4 aromatic heterocycles. The number of hydrogen-bond acceptors (Lipinski definition) is 4. The van der Waals surface area contributed by atoms with Crippen molar-refractivity contribution in [1.29, 1.82) is 0 Å². The van der Waals surface area contributed by atoms with Gasteiger partial charge < -0.3 is 4.98 Å². The van der Waals surface area contributed by atoms with E-state index in [9.17, 15) is 4.79 Å². The van der Waals surface area contributed by atoms with Crippen LogP contribution in [0.2, 0.25) is 0 Å². The minimum Gasteiger partial charge on any atom is -0.304 e. The molecule has 0 unspecified atom stereocenters. The molecule has 8 rings (SSSR count). The van der Waals surface area contributed by atoms with Gasteiger partial charge in [0.2, 0.25) is 11.3 Å². The zero-order valence-corrected chi connectivity index (χ0v) is 25.8. The van der Waals surface area contributed by atoms with Crippen molar-refractivity contribution in [1.82, 2.24) is 23.9 Å². The fourth-order valence-electron chi connectivity index (χ4n) is 5.20. The normalized spacial score (nSPS) is 10.9. The average molecular weight is 736 g/mol. The maximum Gasteiger partial charge on any atom is 0.227 e. The van der Waals surface area contributed by atoms with E-state index in [4.69, 9.17) is 0 Å². The number of imidazole rings is 1. The third kappa shape index (κ3) is 5.14. The Morgan fingerprint density at radius 3 is 2.30 bits per heavy atom. The van der Waals surface area contributed by atoms with E-state index < -0.39 is 0 Å². The van der Waals surface area contributed by atoms with Gasteiger partial charge in [-0.3, -0.25) is 13.8 Å². The summed E-state index contributed by atoms with van der Waals surface area (Å²) in [6.07, 6.45) is 3.63. The van der Waals surface area contributed by atoms with Gasteiger partial charge in [0, 0.05) is 38.2 Å². The smallest absolute Gasteiger partial charge is 0.227 e. The average Bonchev–Trinajstić information content (AvgIpc) is 3.36. The number of aromatic nitrogens is 5. The second-order valence-electron chi connectivity index (χ2n) is 10.2. The summed E-state index contributed by atoms with van der Waals surface area (Å²) in [7, 11) is 0. The van der Waals surface area contributed by atoms with Gasteiger partial charge in [0.15, 0.2) is 5.65 Å². The van der Waals surface area contributed by atoms with Gasteiger partial charge in [-0.15, -0.1) is 52.2 Å². The predicted molar refractivity (Wildman–Crippen MR) is 168 cm³/mol.